The number of ether oxygens (including phenoxy) is 1. The van der Waals surface area contributed by atoms with Crippen LogP contribution in [0.25, 0.3) is 5.57 Å². The first kappa shape index (κ1) is 19.9. The molecule has 0 radical (unpaired) electrons. The summed E-state index contributed by atoms with van der Waals surface area (Å²) in [6.07, 6.45) is 4.84. The van der Waals surface area contributed by atoms with Crippen molar-refractivity contribution < 1.29 is 14.6 Å². The fourth-order valence-electron chi connectivity index (χ4n) is 4.25. The molecule has 0 spiro atoms. The van der Waals surface area contributed by atoms with E-state index in [1.807, 2.05) is 19.1 Å². The topological polar surface area (TPSA) is 62.7 Å². The number of hydrogen-bond donors (Lipinski definition) is 1. The normalized spacial score (nSPS) is 16.2. The molecule has 0 atom stereocenters. The molecule has 0 unspecified atom stereocenters. The highest BCUT2D eigenvalue weighted by Crippen LogP contribution is 2.38. The first-order chi connectivity index (χ1) is 14.1. The van der Waals surface area contributed by atoms with E-state index in [0.29, 0.717) is 19.7 Å². The van der Waals surface area contributed by atoms with Gasteiger partial charge in [-0.15, -0.1) is 0 Å². The zero-order chi connectivity index (χ0) is 20.4. The number of aliphatic hydroxyl groups excluding tert-OH is 1. The van der Waals surface area contributed by atoms with Gasteiger partial charge in [0.1, 0.15) is 0 Å². The van der Waals surface area contributed by atoms with Crippen molar-refractivity contribution in [1.82, 2.24) is 9.88 Å². The Balaban J connectivity index is 1.77. The molecule has 1 aliphatic carbocycles. The number of piperidine rings is 1. The molecule has 1 amide bonds. The predicted octanol–water partition coefficient (Wildman–Crippen LogP) is 4.38. The first-order valence-electron chi connectivity index (χ1n) is 10.1. The molecule has 1 aliphatic heterocycles. The van der Waals surface area contributed by atoms with E-state index in [0.717, 1.165) is 53.1 Å². The van der Waals surface area contributed by atoms with E-state index in [4.69, 9.17) is 21.3 Å². The lowest BCUT2D eigenvalue weighted by atomic mass is 9.88. The Morgan fingerprint density at radius 2 is 1.93 bits per heavy atom. The third-order valence-electron chi connectivity index (χ3n) is 5.69. The minimum Gasteiger partial charge on any atom is -0.450 e. The molecule has 2 aromatic rings. The van der Waals surface area contributed by atoms with E-state index in [2.05, 4.69) is 12.1 Å². The van der Waals surface area contributed by atoms with Crippen LogP contribution < -0.4 is 0 Å². The van der Waals surface area contributed by atoms with E-state index in [1.54, 1.807) is 11.1 Å². The standard InChI is InChI=1S/C23H25ClN2O3/c1-2-29-23(28)26-9-7-16(8-10-26)21-20-6-5-19(24)12-17(20)3-4-18-11-15(14-27)13-25-22(18)21/h5-6,11-13,27H,2-4,7-10,14H2,1H3. The van der Waals surface area contributed by atoms with Crippen LogP contribution in [0.4, 0.5) is 4.79 Å². The number of aryl methyl sites for hydroxylation is 2. The summed E-state index contributed by atoms with van der Waals surface area (Å²) in [6.45, 7) is 3.49. The van der Waals surface area contributed by atoms with Crippen molar-refractivity contribution in [2.75, 3.05) is 19.7 Å². The van der Waals surface area contributed by atoms with Gasteiger partial charge in [0.2, 0.25) is 0 Å². The average molecular weight is 413 g/mol. The van der Waals surface area contributed by atoms with Crippen molar-refractivity contribution in [2.24, 2.45) is 0 Å². The number of rotatable bonds is 2. The average Bonchev–Trinajstić information content (AvgIpc) is 2.90. The quantitative estimate of drug-likeness (QED) is 0.795. The summed E-state index contributed by atoms with van der Waals surface area (Å²) in [7, 11) is 0. The molecule has 1 saturated heterocycles. The van der Waals surface area contributed by atoms with E-state index >= 15 is 0 Å². The molecule has 0 bridgehead atoms. The minimum atomic E-state index is -0.240. The Kier molecular flexibility index (Phi) is 5.88. The van der Waals surface area contributed by atoms with E-state index in [1.165, 1.54) is 16.7 Å². The van der Waals surface area contributed by atoms with E-state index in [9.17, 15) is 9.90 Å². The molecular formula is C23H25ClN2O3. The number of pyridine rings is 1. The Labute approximate surface area is 176 Å². The molecule has 5 nitrogen and oxygen atoms in total. The Bertz CT molecular complexity index is 961. The van der Waals surface area contributed by atoms with Crippen LogP contribution in [0.15, 0.2) is 36.0 Å². The van der Waals surface area contributed by atoms with E-state index in [-0.39, 0.29) is 12.7 Å². The first-order valence-corrected chi connectivity index (χ1v) is 10.5. The largest absolute Gasteiger partial charge is 0.450 e. The van der Waals surface area contributed by atoms with Crippen LogP contribution in [-0.4, -0.2) is 40.8 Å². The van der Waals surface area contributed by atoms with Gasteiger partial charge in [0.25, 0.3) is 0 Å². The Morgan fingerprint density at radius 3 is 2.66 bits per heavy atom. The van der Waals surface area contributed by atoms with Crippen LogP contribution >= 0.6 is 11.6 Å². The summed E-state index contributed by atoms with van der Waals surface area (Å²) in [4.78, 5) is 18.6. The third kappa shape index (κ3) is 4.02. The summed E-state index contributed by atoms with van der Waals surface area (Å²) in [6, 6.07) is 8.13. The van der Waals surface area contributed by atoms with Gasteiger partial charge in [-0.3, -0.25) is 4.98 Å². The smallest absolute Gasteiger partial charge is 0.409 e. The van der Waals surface area contributed by atoms with Crippen molar-refractivity contribution in [3.63, 3.8) is 0 Å². The summed E-state index contributed by atoms with van der Waals surface area (Å²) < 4.78 is 5.15. The van der Waals surface area contributed by atoms with Crippen molar-refractivity contribution in [2.45, 2.75) is 39.2 Å². The maximum Gasteiger partial charge on any atom is 0.409 e. The maximum atomic E-state index is 12.1. The van der Waals surface area contributed by atoms with Crippen LogP contribution in [0.3, 0.4) is 0 Å². The predicted molar refractivity (Wildman–Crippen MR) is 113 cm³/mol. The number of likely N-dealkylation sites (tertiary alicyclic amines) is 1. The molecule has 1 aromatic carbocycles. The van der Waals surface area contributed by atoms with Gasteiger partial charge in [-0.1, -0.05) is 23.2 Å². The number of fused-ring (bicyclic) bond motifs is 2. The molecule has 4 rings (SSSR count). The number of carbonyl (C=O) groups excluding carboxylic acids is 1. The zero-order valence-electron chi connectivity index (χ0n) is 16.6. The minimum absolute atomic E-state index is 0.0144. The lowest BCUT2D eigenvalue weighted by Gasteiger charge is -2.29. The molecule has 152 valence electrons. The number of nitrogens with zero attached hydrogens (tertiary/aromatic N) is 2. The second kappa shape index (κ2) is 8.56. The van der Waals surface area contributed by atoms with Gasteiger partial charge in [-0.25, -0.2) is 4.79 Å². The van der Waals surface area contributed by atoms with E-state index < -0.39 is 0 Å². The van der Waals surface area contributed by atoms with Gasteiger partial charge in [0.05, 0.1) is 18.9 Å². The lowest BCUT2D eigenvalue weighted by molar-refractivity contribution is 0.104. The van der Waals surface area contributed by atoms with Crippen molar-refractivity contribution in [1.29, 1.82) is 0 Å². The van der Waals surface area contributed by atoms with Crippen LogP contribution in [0.2, 0.25) is 5.02 Å². The fraction of sp³-hybridized carbons (Fsp3) is 0.391. The number of carbonyl (C=O) groups is 1. The van der Waals surface area contributed by atoms with Crippen LogP contribution in [-0.2, 0) is 24.2 Å². The molecule has 2 aliphatic rings. The lowest BCUT2D eigenvalue weighted by Crippen LogP contribution is -2.37. The molecule has 1 N–H and O–H groups in total. The summed E-state index contributed by atoms with van der Waals surface area (Å²) in [5, 5.41) is 10.3. The van der Waals surface area contributed by atoms with Gasteiger partial charge in [0.15, 0.2) is 0 Å². The van der Waals surface area contributed by atoms with Crippen LogP contribution in [0, 0.1) is 0 Å². The number of aromatic nitrogens is 1. The number of benzene rings is 1. The highest BCUT2D eigenvalue weighted by atomic mass is 35.5. The number of halogens is 1. The van der Waals surface area contributed by atoms with Crippen molar-refractivity contribution in [3.8, 4) is 0 Å². The number of hydrogen-bond acceptors (Lipinski definition) is 4. The Morgan fingerprint density at radius 1 is 1.17 bits per heavy atom. The maximum absolute atomic E-state index is 12.1. The van der Waals surface area contributed by atoms with Gasteiger partial charge < -0.3 is 14.7 Å². The van der Waals surface area contributed by atoms with Gasteiger partial charge >= 0.3 is 6.09 Å². The highest BCUT2D eigenvalue weighted by Gasteiger charge is 2.27. The molecular weight excluding hydrogens is 388 g/mol. The molecule has 1 fully saturated rings. The third-order valence-corrected chi connectivity index (χ3v) is 5.92. The summed E-state index contributed by atoms with van der Waals surface area (Å²) in [5.74, 6) is 0. The van der Waals surface area contributed by atoms with Crippen LogP contribution in [0.5, 0.6) is 0 Å². The molecule has 6 heteroatoms. The molecule has 2 heterocycles. The molecule has 1 aromatic heterocycles. The number of aliphatic hydroxyl groups is 1. The monoisotopic (exact) mass is 412 g/mol. The second-order valence-corrected chi connectivity index (χ2v) is 7.91. The second-order valence-electron chi connectivity index (χ2n) is 7.48. The van der Waals surface area contributed by atoms with Gasteiger partial charge in [0, 0.05) is 29.9 Å². The molecule has 29 heavy (non-hydrogen) atoms. The van der Waals surface area contributed by atoms with Crippen molar-refractivity contribution in [3.05, 3.63) is 69.0 Å². The van der Waals surface area contributed by atoms with Crippen molar-refractivity contribution >= 4 is 23.3 Å². The summed E-state index contributed by atoms with van der Waals surface area (Å²) in [5.41, 5.74) is 7.84. The highest BCUT2D eigenvalue weighted by molar-refractivity contribution is 6.30. The van der Waals surface area contributed by atoms with Crippen LogP contribution in [0.1, 0.15) is 47.7 Å². The fourth-order valence-corrected chi connectivity index (χ4v) is 4.45. The zero-order valence-corrected chi connectivity index (χ0v) is 17.3. The SMILES string of the molecule is CCOC(=O)N1CCC(=C2c3ccc(Cl)cc3CCc3cc(CO)cnc32)CC1. The van der Waals surface area contributed by atoms with Gasteiger partial charge in [-0.05, 0) is 73.1 Å². The Hall–Kier alpha value is -2.37. The van der Waals surface area contributed by atoms with Gasteiger partial charge in [-0.2, -0.15) is 0 Å². The summed E-state index contributed by atoms with van der Waals surface area (Å²) >= 11 is 6.28. The number of amides is 1. The molecule has 0 saturated carbocycles.